The molecule has 5 heterocycles. The highest BCUT2D eigenvalue weighted by atomic mass is 16.5. The van der Waals surface area contributed by atoms with Gasteiger partial charge in [0.25, 0.3) is 5.91 Å². The number of rotatable bonds is 3. The van der Waals surface area contributed by atoms with Crippen LogP contribution in [0.2, 0.25) is 0 Å². The predicted octanol–water partition coefficient (Wildman–Crippen LogP) is 2.55. The molecule has 172 valence electrons. The maximum absolute atomic E-state index is 13.7. The number of carbonyl (C=O) groups is 2. The van der Waals surface area contributed by atoms with Crippen molar-refractivity contribution in [3.63, 3.8) is 0 Å². The molecule has 32 heavy (non-hydrogen) atoms. The molecule has 3 amide bonds. The molecule has 5 rings (SSSR count). The maximum atomic E-state index is 13.7. The number of carbonyl (C=O) groups excluding carboxylic acids is 2. The van der Waals surface area contributed by atoms with Crippen LogP contribution in [0.15, 0.2) is 10.6 Å². The predicted molar refractivity (Wildman–Crippen MR) is 117 cm³/mol. The van der Waals surface area contributed by atoms with Crippen molar-refractivity contribution in [3.8, 4) is 0 Å². The highest BCUT2D eigenvalue weighted by Gasteiger charge is 2.47. The van der Waals surface area contributed by atoms with Crippen LogP contribution in [0.4, 0.5) is 10.6 Å². The fourth-order valence-corrected chi connectivity index (χ4v) is 5.29. The Kier molecular flexibility index (Phi) is 4.99. The molecular weight excluding hydrogens is 410 g/mol. The van der Waals surface area contributed by atoms with E-state index in [1.165, 1.54) is 6.42 Å². The zero-order valence-electron chi connectivity index (χ0n) is 19.1. The highest BCUT2D eigenvalue weighted by molar-refractivity contribution is 6.02. The smallest absolute Gasteiger partial charge is 0.321 e. The van der Waals surface area contributed by atoms with Crippen LogP contribution < -0.4 is 5.32 Å². The Morgan fingerprint density at radius 3 is 2.91 bits per heavy atom. The molecule has 0 spiro atoms. The van der Waals surface area contributed by atoms with Crippen molar-refractivity contribution >= 4 is 17.8 Å². The lowest BCUT2D eigenvalue weighted by atomic mass is 10.0. The number of H-pyrrole nitrogens is 1. The summed E-state index contributed by atoms with van der Waals surface area (Å²) >= 11 is 0. The van der Waals surface area contributed by atoms with Gasteiger partial charge < -0.3 is 19.6 Å². The summed E-state index contributed by atoms with van der Waals surface area (Å²) in [5, 5.41) is 14.0. The number of aromatic amines is 1. The number of aryl methyl sites for hydroxylation is 1. The molecule has 0 aromatic carbocycles. The van der Waals surface area contributed by atoms with Gasteiger partial charge in [-0.15, -0.1) is 0 Å². The minimum absolute atomic E-state index is 0.0417. The van der Waals surface area contributed by atoms with Gasteiger partial charge in [-0.05, 0) is 40.2 Å². The van der Waals surface area contributed by atoms with Crippen molar-refractivity contribution < 1.29 is 14.1 Å². The van der Waals surface area contributed by atoms with E-state index in [1.54, 1.807) is 6.07 Å². The van der Waals surface area contributed by atoms with Crippen molar-refractivity contribution in [1.29, 1.82) is 0 Å². The van der Waals surface area contributed by atoms with Gasteiger partial charge in [0.05, 0.1) is 17.8 Å². The lowest BCUT2D eigenvalue weighted by Gasteiger charge is -2.45. The average Bonchev–Trinajstić information content (AvgIpc) is 3.52. The van der Waals surface area contributed by atoms with Crippen LogP contribution >= 0.6 is 0 Å². The van der Waals surface area contributed by atoms with E-state index in [4.69, 9.17) is 4.52 Å². The summed E-state index contributed by atoms with van der Waals surface area (Å²) in [6.07, 6.45) is 3.02. The summed E-state index contributed by atoms with van der Waals surface area (Å²) < 4.78 is 5.13. The summed E-state index contributed by atoms with van der Waals surface area (Å²) in [5.41, 5.74) is 1.34. The minimum Gasteiger partial charge on any atom is -0.361 e. The van der Waals surface area contributed by atoms with E-state index in [0.29, 0.717) is 30.6 Å². The van der Waals surface area contributed by atoms with Crippen LogP contribution in [0, 0.1) is 0 Å². The number of urea groups is 1. The normalized spacial score (nSPS) is 24.5. The molecule has 2 aromatic heterocycles. The molecule has 0 radical (unpaired) electrons. The first-order valence-corrected chi connectivity index (χ1v) is 11.5. The van der Waals surface area contributed by atoms with Gasteiger partial charge in [-0.1, -0.05) is 12.1 Å². The molecule has 10 heteroatoms. The van der Waals surface area contributed by atoms with Gasteiger partial charge in [-0.3, -0.25) is 14.8 Å². The van der Waals surface area contributed by atoms with Gasteiger partial charge in [-0.2, -0.15) is 5.10 Å². The van der Waals surface area contributed by atoms with Gasteiger partial charge in [0.1, 0.15) is 5.76 Å². The fourth-order valence-electron chi connectivity index (χ4n) is 5.29. The number of hydrogen-bond donors (Lipinski definition) is 2. The molecule has 2 atom stereocenters. The van der Waals surface area contributed by atoms with E-state index in [1.807, 2.05) is 30.6 Å². The van der Waals surface area contributed by atoms with Gasteiger partial charge in [0.15, 0.2) is 11.5 Å². The molecule has 2 N–H and O–H groups in total. The molecule has 0 bridgehead atoms. The Hall–Kier alpha value is -2.88. The van der Waals surface area contributed by atoms with Crippen molar-refractivity contribution in [3.05, 3.63) is 28.8 Å². The van der Waals surface area contributed by atoms with Crippen LogP contribution in [-0.2, 0) is 18.5 Å². The monoisotopic (exact) mass is 441 g/mol. The third kappa shape index (κ3) is 3.28. The van der Waals surface area contributed by atoms with E-state index in [2.05, 4.69) is 32.5 Å². The lowest BCUT2D eigenvalue weighted by molar-refractivity contribution is 0.0454. The number of nitrogens with one attached hydrogen (secondary N) is 2. The number of amides is 3. The van der Waals surface area contributed by atoms with Crippen molar-refractivity contribution in [2.75, 3.05) is 25.0 Å². The molecule has 2 fully saturated rings. The third-order valence-corrected chi connectivity index (χ3v) is 7.26. The van der Waals surface area contributed by atoms with E-state index in [9.17, 15) is 9.59 Å². The van der Waals surface area contributed by atoms with E-state index >= 15 is 0 Å². The standard InChI is InChI=1S/C22H31N7O3/c1-5-15-9-17(26-32-15)20(30)23-19-16-12-29(22(3,4)18(16)24-25-19)21(31)28-11-14-7-6-8-27(14)10-13(28)2/h9,13-14H,5-8,10-12H2,1-4H3,(H2,23,24,25,30)/t13-,14-/m0/s1. The number of anilines is 1. The Morgan fingerprint density at radius 2 is 2.16 bits per heavy atom. The molecule has 3 aliphatic rings. The summed E-state index contributed by atoms with van der Waals surface area (Å²) in [7, 11) is 0. The first kappa shape index (κ1) is 21.0. The molecule has 2 aromatic rings. The maximum Gasteiger partial charge on any atom is 0.321 e. The minimum atomic E-state index is -0.557. The average molecular weight is 442 g/mol. The highest BCUT2D eigenvalue weighted by Crippen LogP contribution is 2.41. The number of aromatic nitrogens is 3. The Bertz CT molecular complexity index is 1040. The van der Waals surface area contributed by atoms with E-state index in [0.717, 1.165) is 37.3 Å². The molecular formula is C22H31N7O3. The molecule has 2 saturated heterocycles. The summed E-state index contributed by atoms with van der Waals surface area (Å²) in [4.78, 5) is 32.7. The number of hydrogen-bond acceptors (Lipinski definition) is 6. The summed E-state index contributed by atoms with van der Waals surface area (Å²) in [6, 6.07) is 2.31. The molecule has 0 saturated carbocycles. The summed E-state index contributed by atoms with van der Waals surface area (Å²) in [5.74, 6) is 0.705. The zero-order chi connectivity index (χ0) is 22.6. The van der Waals surface area contributed by atoms with Gasteiger partial charge in [0, 0.05) is 43.2 Å². The topological polar surface area (TPSA) is 111 Å². The van der Waals surface area contributed by atoms with E-state index < -0.39 is 5.54 Å². The Balaban J connectivity index is 1.34. The Morgan fingerprint density at radius 1 is 1.34 bits per heavy atom. The third-order valence-electron chi connectivity index (χ3n) is 7.26. The number of piperazine rings is 1. The summed E-state index contributed by atoms with van der Waals surface area (Å²) in [6.45, 7) is 11.3. The Labute approximate surface area is 187 Å². The second-order valence-electron chi connectivity index (χ2n) is 9.63. The quantitative estimate of drug-likeness (QED) is 0.757. The fraction of sp³-hybridized carbons (Fsp3) is 0.636. The van der Waals surface area contributed by atoms with Gasteiger partial charge >= 0.3 is 6.03 Å². The lowest BCUT2D eigenvalue weighted by Crippen LogP contribution is -2.60. The second kappa shape index (κ2) is 7.61. The van der Waals surface area contributed by atoms with Gasteiger partial charge in [0.2, 0.25) is 0 Å². The van der Waals surface area contributed by atoms with Gasteiger partial charge in [-0.25, -0.2) is 4.79 Å². The molecule has 10 nitrogen and oxygen atoms in total. The van der Waals surface area contributed by atoms with Crippen LogP contribution in [0.25, 0.3) is 0 Å². The van der Waals surface area contributed by atoms with Crippen molar-refractivity contribution in [1.82, 2.24) is 30.1 Å². The van der Waals surface area contributed by atoms with E-state index in [-0.39, 0.29) is 23.7 Å². The SMILES string of the molecule is CCc1cc(C(=O)Nc2n[nH]c3c2CN(C(=O)N2C[C@@H]4CCCN4C[C@@H]2C)C3(C)C)no1. The second-order valence-corrected chi connectivity index (χ2v) is 9.63. The number of fused-ring (bicyclic) bond motifs is 2. The van der Waals surface area contributed by atoms with Crippen LogP contribution in [0.3, 0.4) is 0 Å². The first-order chi connectivity index (χ1) is 15.3. The van der Waals surface area contributed by atoms with Crippen LogP contribution in [0.1, 0.15) is 68.0 Å². The van der Waals surface area contributed by atoms with Crippen molar-refractivity contribution in [2.45, 2.75) is 71.1 Å². The molecule has 3 aliphatic heterocycles. The zero-order valence-corrected chi connectivity index (χ0v) is 19.1. The largest absolute Gasteiger partial charge is 0.361 e. The molecule has 0 unspecified atom stereocenters. The van der Waals surface area contributed by atoms with Crippen LogP contribution in [0.5, 0.6) is 0 Å². The molecule has 0 aliphatic carbocycles. The number of nitrogens with zero attached hydrogens (tertiary/aromatic N) is 5. The first-order valence-electron chi connectivity index (χ1n) is 11.5. The van der Waals surface area contributed by atoms with Crippen molar-refractivity contribution in [2.24, 2.45) is 0 Å². The van der Waals surface area contributed by atoms with Crippen LogP contribution in [-0.4, -0.2) is 73.7 Å².